The zero-order chi connectivity index (χ0) is 17.3. The maximum atomic E-state index is 13.0. The number of benzene rings is 2. The molecule has 0 saturated heterocycles. The molecule has 0 amide bonds. The fourth-order valence-corrected chi connectivity index (χ4v) is 3.16. The van der Waals surface area contributed by atoms with E-state index in [0.29, 0.717) is 0 Å². The molecule has 2 aromatic rings. The molecule has 0 spiro atoms. The highest BCUT2D eigenvalue weighted by Gasteiger charge is 2.31. The SMILES string of the molecule is Cc1cc(F)ccc1S(=O)(=O)Nc1cccc(OC(F)(F)F)c1. The third-order valence-corrected chi connectivity index (χ3v) is 4.29. The molecule has 0 aromatic heterocycles. The molecule has 0 atom stereocenters. The first-order valence-electron chi connectivity index (χ1n) is 6.22. The van der Waals surface area contributed by atoms with Crippen molar-refractivity contribution in [3.63, 3.8) is 0 Å². The van der Waals surface area contributed by atoms with E-state index in [-0.39, 0.29) is 16.1 Å². The van der Waals surface area contributed by atoms with Crippen LogP contribution in [-0.4, -0.2) is 14.8 Å². The Balaban J connectivity index is 2.29. The molecular weight excluding hydrogens is 338 g/mol. The second kappa shape index (κ2) is 6.07. The summed E-state index contributed by atoms with van der Waals surface area (Å²) in [6.45, 7) is 1.40. The van der Waals surface area contributed by atoms with Crippen molar-refractivity contribution in [1.82, 2.24) is 0 Å². The minimum atomic E-state index is -4.88. The van der Waals surface area contributed by atoms with E-state index in [4.69, 9.17) is 0 Å². The molecule has 4 nitrogen and oxygen atoms in total. The van der Waals surface area contributed by atoms with Gasteiger partial charge in [0, 0.05) is 6.07 Å². The van der Waals surface area contributed by atoms with Crippen molar-refractivity contribution in [2.75, 3.05) is 4.72 Å². The fourth-order valence-electron chi connectivity index (χ4n) is 1.88. The van der Waals surface area contributed by atoms with E-state index in [0.717, 1.165) is 30.3 Å². The number of nitrogens with one attached hydrogen (secondary N) is 1. The summed E-state index contributed by atoms with van der Waals surface area (Å²) in [5.41, 5.74) is 0.0515. The average molecular weight is 349 g/mol. The smallest absolute Gasteiger partial charge is 0.406 e. The van der Waals surface area contributed by atoms with Gasteiger partial charge in [0.1, 0.15) is 11.6 Å². The number of ether oxygens (including phenoxy) is 1. The highest BCUT2D eigenvalue weighted by Crippen LogP contribution is 2.27. The summed E-state index contributed by atoms with van der Waals surface area (Å²) in [5.74, 6) is -1.16. The third-order valence-electron chi connectivity index (χ3n) is 2.75. The summed E-state index contributed by atoms with van der Waals surface area (Å²) in [6, 6.07) is 7.49. The number of halogens is 4. The topological polar surface area (TPSA) is 55.4 Å². The van der Waals surface area contributed by atoms with Gasteiger partial charge in [-0.3, -0.25) is 4.72 Å². The summed E-state index contributed by atoms with van der Waals surface area (Å²) >= 11 is 0. The highest BCUT2D eigenvalue weighted by molar-refractivity contribution is 7.92. The number of rotatable bonds is 4. The maximum absolute atomic E-state index is 13.0. The minimum absolute atomic E-state index is 0.115. The molecule has 0 aliphatic rings. The summed E-state index contributed by atoms with van der Waals surface area (Å²) in [7, 11) is -4.07. The number of alkyl halides is 3. The van der Waals surface area contributed by atoms with E-state index < -0.39 is 28.0 Å². The normalized spacial score (nSPS) is 12.0. The highest BCUT2D eigenvalue weighted by atomic mass is 32.2. The van der Waals surface area contributed by atoms with Crippen molar-refractivity contribution in [2.24, 2.45) is 0 Å². The third kappa shape index (κ3) is 4.59. The number of hydrogen-bond acceptors (Lipinski definition) is 3. The van der Waals surface area contributed by atoms with E-state index in [1.807, 2.05) is 0 Å². The summed E-state index contributed by atoms with van der Waals surface area (Å²) in [4.78, 5) is -0.180. The standard InChI is InChI=1S/C14H11F4NO3S/c1-9-7-10(15)5-6-13(9)23(20,21)19-11-3-2-4-12(8-11)22-14(16,17)18/h2-8,19H,1H3. The van der Waals surface area contributed by atoms with Crippen LogP contribution in [-0.2, 0) is 10.0 Å². The Morgan fingerprint density at radius 3 is 2.39 bits per heavy atom. The molecule has 0 heterocycles. The monoisotopic (exact) mass is 349 g/mol. The largest absolute Gasteiger partial charge is 0.573 e. The number of anilines is 1. The zero-order valence-corrected chi connectivity index (χ0v) is 12.5. The molecule has 0 aliphatic carbocycles. The summed E-state index contributed by atoms with van der Waals surface area (Å²) in [5, 5.41) is 0. The molecule has 0 fully saturated rings. The predicted molar refractivity (Wildman–Crippen MR) is 75.1 cm³/mol. The van der Waals surface area contributed by atoms with Gasteiger partial charge in [0.2, 0.25) is 0 Å². The molecule has 9 heteroatoms. The molecule has 2 aromatic carbocycles. The molecule has 0 aliphatic heterocycles. The quantitative estimate of drug-likeness (QED) is 0.854. The molecule has 0 radical (unpaired) electrons. The average Bonchev–Trinajstić information content (AvgIpc) is 2.35. The number of sulfonamides is 1. The second-order valence-electron chi connectivity index (χ2n) is 4.59. The van der Waals surface area contributed by atoms with Crippen molar-refractivity contribution >= 4 is 15.7 Å². The Morgan fingerprint density at radius 2 is 1.78 bits per heavy atom. The van der Waals surface area contributed by atoms with Gasteiger partial charge in [-0.1, -0.05) is 6.07 Å². The van der Waals surface area contributed by atoms with Gasteiger partial charge in [-0.2, -0.15) is 0 Å². The lowest BCUT2D eigenvalue weighted by molar-refractivity contribution is -0.274. The first-order valence-corrected chi connectivity index (χ1v) is 7.70. The van der Waals surface area contributed by atoms with E-state index in [2.05, 4.69) is 9.46 Å². The Kier molecular flexibility index (Phi) is 4.51. The van der Waals surface area contributed by atoms with Crippen molar-refractivity contribution in [2.45, 2.75) is 18.2 Å². The Morgan fingerprint density at radius 1 is 1.09 bits per heavy atom. The molecule has 0 unspecified atom stereocenters. The zero-order valence-electron chi connectivity index (χ0n) is 11.7. The minimum Gasteiger partial charge on any atom is -0.406 e. The first-order chi connectivity index (χ1) is 10.6. The van der Waals surface area contributed by atoms with Crippen molar-refractivity contribution in [1.29, 1.82) is 0 Å². The number of aryl methyl sites for hydroxylation is 1. The molecule has 0 bridgehead atoms. The fraction of sp³-hybridized carbons (Fsp3) is 0.143. The molecular formula is C14H11F4NO3S. The van der Waals surface area contributed by atoms with E-state index in [1.165, 1.54) is 19.1 Å². The molecule has 2 rings (SSSR count). The van der Waals surface area contributed by atoms with Crippen molar-refractivity contribution < 1.29 is 30.7 Å². The lowest BCUT2D eigenvalue weighted by Crippen LogP contribution is -2.18. The van der Waals surface area contributed by atoms with Gasteiger partial charge in [0.05, 0.1) is 10.6 Å². The number of hydrogen-bond donors (Lipinski definition) is 1. The van der Waals surface area contributed by atoms with Crippen molar-refractivity contribution in [3.05, 3.63) is 53.8 Å². The Bertz CT molecular complexity index is 819. The van der Waals surface area contributed by atoms with Crippen LogP contribution >= 0.6 is 0 Å². The molecule has 124 valence electrons. The van der Waals surface area contributed by atoms with Crippen LogP contribution in [0.4, 0.5) is 23.2 Å². The van der Waals surface area contributed by atoms with Gasteiger partial charge in [0.15, 0.2) is 0 Å². The van der Waals surface area contributed by atoms with Gasteiger partial charge < -0.3 is 4.74 Å². The first kappa shape index (κ1) is 17.1. The van der Waals surface area contributed by atoms with E-state index in [9.17, 15) is 26.0 Å². The second-order valence-corrected chi connectivity index (χ2v) is 6.24. The van der Waals surface area contributed by atoms with Gasteiger partial charge >= 0.3 is 6.36 Å². The lowest BCUT2D eigenvalue weighted by Gasteiger charge is -2.12. The maximum Gasteiger partial charge on any atom is 0.573 e. The van der Waals surface area contributed by atoms with Crippen LogP contribution in [0.3, 0.4) is 0 Å². The van der Waals surface area contributed by atoms with Gasteiger partial charge in [-0.05, 0) is 42.8 Å². The van der Waals surface area contributed by atoms with Gasteiger partial charge in [-0.15, -0.1) is 13.2 Å². The van der Waals surface area contributed by atoms with Gasteiger partial charge in [-0.25, -0.2) is 12.8 Å². The van der Waals surface area contributed by atoms with Gasteiger partial charge in [0.25, 0.3) is 10.0 Å². The van der Waals surface area contributed by atoms with Crippen LogP contribution in [0.1, 0.15) is 5.56 Å². The van der Waals surface area contributed by atoms with Crippen molar-refractivity contribution in [3.8, 4) is 5.75 Å². The van der Waals surface area contributed by atoms with E-state index >= 15 is 0 Å². The van der Waals surface area contributed by atoms with E-state index in [1.54, 1.807) is 0 Å². The summed E-state index contributed by atoms with van der Waals surface area (Å²) in [6.07, 6.45) is -4.88. The van der Waals surface area contributed by atoms with Crippen LogP contribution in [0.2, 0.25) is 0 Å². The van der Waals surface area contributed by atoms with Crippen LogP contribution in [0.15, 0.2) is 47.4 Å². The lowest BCUT2D eigenvalue weighted by atomic mass is 10.2. The molecule has 0 saturated carbocycles. The van der Waals surface area contributed by atoms with Crippen LogP contribution in [0.5, 0.6) is 5.75 Å². The Hall–Kier alpha value is -2.29. The van der Waals surface area contributed by atoms with Crippen LogP contribution in [0, 0.1) is 12.7 Å². The van der Waals surface area contributed by atoms with Crippen LogP contribution < -0.4 is 9.46 Å². The Labute approximate surface area is 129 Å². The predicted octanol–water partition coefficient (Wildman–Crippen LogP) is 3.83. The molecule has 23 heavy (non-hydrogen) atoms. The van der Waals surface area contributed by atoms with Crippen LogP contribution in [0.25, 0.3) is 0 Å². The molecule has 1 N–H and O–H groups in total. The summed E-state index contributed by atoms with van der Waals surface area (Å²) < 4.78 is 79.9.